The molecule has 0 bridgehead atoms. The van der Waals surface area contributed by atoms with Gasteiger partial charge in [-0.2, -0.15) is 9.40 Å². The molecular formula is C12H20N4O2S. The lowest BCUT2D eigenvalue weighted by atomic mass is 10.3. The van der Waals surface area contributed by atoms with Crippen LogP contribution in [0, 0.1) is 13.8 Å². The van der Waals surface area contributed by atoms with Crippen LogP contribution < -0.4 is 0 Å². The number of rotatable bonds is 3. The van der Waals surface area contributed by atoms with E-state index in [1.54, 1.807) is 18.2 Å². The van der Waals surface area contributed by atoms with Crippen molar-refractivity contribution in [2.24, 2.45) is 0 Å². The van der Waals surface area contributed by atoms with E-state index in [0.717, 1.165) is 13.1 Å². The molecule has 1 aliphatic heterocycles. The predicted octanol–water partition coefficient (Wildman–Crippen LogP) is 0.495. The molecule has 1 N–H and O–H groups in total. The standard InChI is InChI=1S/C12H20N4O2S/c1-9-12(10(2)14-13-9)19(17,18)16-7-5-15(6-8-16)11-3-4-11/h11H,3-8H2,1-2H3,(H,13,14). The first-order chi connectivity index (χ1) is 9.00. The van der Waals surface area contributed by atoms with Gasteiger partial charge >= 0.3 is 0 Å². The van der Waals surface area contributed by atoms with Gasteiger partial charge in [-0.1, -0.05) is 0 Å². The minimum absolute atomic E-state index is 0.354. The van der Waals surface area contributed by atoms with E-state index in [9.17, 15) is 8.42 Å². The Morgan fingerprint density at radius 2 is 1.79 bits per heavy atom. The fraction of sp³-hybridized carbons (Fsp3) is 0.750. The molecule has 0 radical (unpaired) electrons. The number of aryl methyl sites for hydroxylation is 2. The largest absolute Gasteiger partial charge is 0.298 e. The summed E-state index contributed by atoms with van der Waals surface area (Å²) in [6.07, 6.45) is 2.54. The van der Waals surface area contributed by atoms with Crippen LogP contribution in [0.15, 0.2) is 4.90 Å². The highest BCUT2D eigenvalue weighted by atomic mass is 32.2. The van der Waals surface area contributed by atoms with Gasteiger partial charge < -0.3 is 0 Å². The van der Waals surface area contributed by atoms with Gasteiger partial charge in [-0.25, -0.2) is 8.42 Å². The van der Waals surface area contributed by atoms with E-state index in [1.165, 1.54) is 12.8 Å². The van der Waals surface area contributed by atoms with Crippen molar-refractivity contribution >= 4 is 10.0 Å². The topological polar surface area (TPSA) is 69.3 Å². The van der Waals surface area contributed by atoms with Gasteiger partial charge in [0.2, 0.25) is 10.0 Å². The van der Waals surface area contributed by atoms with Crippen LogP contribution in [0.25, 0.3) is 0 Å². The van der Waals surface area contributed by atoms with E-state index in [-0.39, 0.29) is 0 Å². The fourth-order valence-electron chi connectivity index (χ4n) is 2.80. The molecule has 106 valence electrons. The Labute approximate surface area is 113 Å². The molecular weight excluding hydrogens is 264 g/mol. The van der Waals surface area contributed by atoms with Crippen molar-refractivity contribution in [2.45, 2.75) is 37.6 Å². The predicted molar refractivity (Wildman–Crippen MR) is 71.4 cm³/mol. The number of hydrogen-bond acceptors (Lipinski definition) is 4. The summed E-state index contributed by atoms with van der Waals surface area (Å²) in [4.78, 5) is 2.76. The van der Waals surface area contributed by atoms with Crippen molar-refractivity contribution in [2.75, 3.05) is 26.2 Å². The second-order valence-corrected chi connectivity index (χ2v) is 7.31. The van der Waals surface area contributed by atoms with E-state index in [2.05, 4.69) is 15.1 Å². The number of H-pyrrole nitrogens is 1. The number of piperazine rings is 1. The molecule has 1 aliphatic carbocycles. The van der Waals surface area contributed by atoms with Gasteiger partial charge in [0, 0.05) is 32.2 Å². The Kier molecular flexibility index (Phi) is 3.15. The van der Waals surface area contributed by atoms with Crippen LogP contribution in [0.1, 0.15) is 24.2 Å². The van der Waals surface area contributed by atoms with Crippen LogP contribution in [-0.4, -0.2) is 60.0 Å². The van der Waals surface area contributed by atoms with E-state index < -0.39 is 10.0 Å². The monoisotopic (exact) mass is 284 g/mol. The Morgan fingerprint density at radius 1 is 1.16 bits per heavy atom. The maximum Gasteiger partial charge on any atom is 0.246 e. The van der Waals surface area contributed by atoms with E-state index in [0.29, 0.717) is 35.4 Å². The third-order valence-corrected chi connectivity index (χ3v) is 6.16. The minimum atomic E-state index is -3.40. The van der Waals surface area contributed by atoms with Gasteiger partial charge in [-0.05, 0) is 26.7 Å². The minimum Gasteiger partial charge on any atom is -0.298 e. The summed E-state index contributed by atoms with van der Waals surface area (Å²) >= 11 is 0. The molecule has 0 aromatic carbocycles. The zero-order chi connectivity index (χ0) is 13.6. The molecule has 19 heavy (non-hydrogen) atoms. The molecule has 0 unspecified atom stereocenters. The summed E-state index contributed by atoms with van der Waals surface area (Å²) in [6, 6.07) is 0.710. The van der Waals surface area contributed by atoms with Gasteiger partial charge in [0.05, 0.1) is 11.4 Å². The second-order valence-electron chi connectivity index (χ2n) is 5.43. The van der Waals surface area contributed by atoms with Crippen LogP contribution >= 0.6 is 0 Å². The Balaban J connectivity index is 1.78. The second kappa shape index (κ2) is 4.57. The summed E-state index contributed by atoms with van der Waals surface area (Å²) in [5, 5.41) is 6.74. The number of nitrogens with one attached hydrogen (secondary N) is 1. The highest BCUT2D eigenvalue weighted by molar-refractivity contribution is 7.89. The van der Waals surface area contributed by atoms with Gasteiger partial charge in [-0.3, -0.25) is 10.00 Å². The van der Waals surface area contributed by atoms with E-state index in [1.807, 2.05) is 0 Å². The number of aromatic nitrogens is 2. The summed E-state index contributed by atoms with van der Waals surface area (Å²) in [6.45, 7) is 6.36. The summed E-state index contributed by atoms with van der Waals surface area (Å²) in [5.74, 6) is 0. The molecule has 1 aromatic heterocycles. The smallest absolute Gasteiger partial charge is 0.246 e. The SMILES string of the molecule is Cc1n[nH]c(C)c1S(=O)(=O)N1CCN(C2CC2)CC1. The van der Waals surface area contributed by atoms with E-state index >= 15 is 0 Å². The first-order valence-corrected chi connectivity index (χ1v) is 8.20. The lowest BCUT2D eigenvalue weighted by molar-refractivity contribution is 0.180. The van der Waals surface area contributed by atoms with Crippen LogP contribution in [0.2, 0.25) is 0 Å². The summed E-state index contributed by atoms with van der Waals surface area (Å²) in [5.41, 5.74) is 1.18. The zero-order valence-electron chi connectivity index (χ0n) is 11.4. The lowest BCUT2D eigenvalue weighted by Gasteiger charge is -2.34. The maximum absolute atomic E-state index is 12.6. The third kappa shape index (κ3) is 2.30. The molecule has 0 atom stereocenters. The van der Waals surface area contributed by atoms with E-state index in [4.69, 9.17) is 0 Å². The van der Waals surface area contributed by atoms with Crippen molar-refractivity contribution in [3.63, 3.8) is 0 Å². The van der Waals surface area contributed by atoms with Crippen LogP contribution in [0.3, 0.4) is 0 Å². The molecule has 6 nitrogen and oxygen atoms in total. The number of nitrogens with zero attached hydrogens (tertiary/aromatic N) is 3. The lowest BCUT2D eigenvalue weighted by Crippen LogP contribution is -2.49. The number of aromatic amines is 1. The number of hydrogen-bond donors (Lipinski definition) is 1. The highest BCUT2D eigenvalue weighted by Gasteiger charge is 2.36. The van der Waals surface area contributed by atoms with Crippen LogP contribution in [0.5, 0.6) is 0 Å². The van der Waals surface area contributed by atoms with Crippen molar-refractivity contribution in [3.05, 3.63) is 11.4 Å². The third-order valence-electron chi connectivity index (χ3n) is 3.99. The van der Waals surface area contributed by atoms with Gasteiger partial charge in [0.1, 0.15) is 4.90 Å². The molecule has 1 saturated heterocycles. The summed E-state index contributed by atoms with van der Waals surface area (Å²) in [7, 11) is -3.40. The molecule has 0 amide bonds. The summed E-state index contributed by atoms with van der Waals surface area (Å²) < 4.78 is 26.9. The molecule has 1 aromatic rings. The van der Waals surface area contributed by atoms with Crippen molar-refractivity contribution in [1.82, 2.24) is 19.4 Å². The average Bonchev–Trinajstić information content (AvgIpc) is 3.16. The highest BCUT2D eigenvalue weighted by Crippen LogP contribution is 2.29. The number of sulfonamides is 1. The molecule has 7 heteroatoms. The Bertz CT molecular complexity index is 549. The van der Waals surface area contributed by atoms with Crippen molar-refractivity contribution < 1.29 is 8.42 Å². The first-order valence-electron chi connectivity index (χ1n) is 6.76. The molecule has 2 heterocycles. The Morgan fingerprint density at radius 3 is 2.26 bits per heavy atom. The van der Waals surface area contributed by atoms with Crippen molar-refractivity contribution in [3.8, 4) is 0 Å². The first kappa shape index (κ1) is 13.1. The van der Waals surface area contributed by atoms with Gasteiger partial charge in [-0.15, -0.1) is 0 Å². The zero-order valence-corrected chi connectivity index (χ0v) is 12.2. The van der Waals surface area contributed by atoms with Crippen molar-refractivity contribution in [1.29, 1.82) is 0 Å². The Hall–Kier alpha value is -0.920. The molecule has 3 rings (SSSR count). The van der Waals surface area contributed by atoms with Crippen LogP contribution in [-0.2, 0) is 10.0 Å². The maximum atomic E-state index is 12.6. The average molecular weight is 284 g/mol. The molecule has 0 spiro atoms. The van der Waals surface area contributed by atoms with Crippen LogP contribution in [0.4, 0.5) is 0 Å². The molecule has 1 saturated carbocycles. The van der Waals surface area contributed by atoms with Gasteiger partial charge in [0.25, 0.3) is 0 Å². The molecule has 2 aliphatic rings. The molecule has 2 fully saturated rings. The fourth-order valence-corrected chi connectivity index (χ4v) is 4.55. The van der Waals surface area contributed by atoms with Gasteiger partial charge in [0.15, 0.2) is 0 Å². The quantitative estimate of drug-likeness (QED) is 0.877. The normalized spacial score (nSPS) is 22.8.